The van der Waals surface area contributed by atoms with E-state index in [1.54, 1.807) is 0 Å². The van der Waals surface area contributed by atoms with E-state index in [-0.39, 0.29) is 11.9 Å². The highest BCUT2D eigenvalue weighted by atomic mass is 16.5. The Balaban J connectivity index is 2.43. The number of amides is 1. The summed E-state index contributed by atoms with van der Waals surface area (Å²) in [6, 6.07) is -0.541. The van der Waals surface area contributed by atoms with E-state index in [0.717, 1.165) is 26.2 Å². The fourth-order valence-corrected chi connectivity index (χ4v) is 2.14. The van der Waals surface area contributed by atoms with E-state index in [4.69, 9.17) is 4.74 Å². The largest absolute Gasteiger partial charge is 0.467 e. The Morgan fingerprint density at radius 3 is 2.47 bits per heavy atom. The molecule has 110 valence electrons. The molecule has 0 radical (unpaired) electrons. The third kappa shape index (κ3) is 6.02. The minimum Gasteiger partial charge on any atom is -0.467 e. The van der Waals surface area contributed by atoms with Crippen molar-refractivity contribution in [3.8, 4) is 0 Å². The molecule has 1 aliphatic rings. The Morgan fingerprint density at radius 1 is 1.32 bits per heavy atom. The molecule has 1 amide bonds. The summed E-state index contributed by atoms with van der Waals surface area (Å²) in [4.78, 5) is 25.6. The molecule has 1 heterocycles. The number of esters is 1. The van der Waals surface area contributed by atoms with E-state index in [1.165, 1.54) is 7.11 Å². The van der Waals surface area contributed by atoms with Gasteiger partial charge in [-0.2, -0.15) is 0 Å². The van der Waals surface area contributed by atoms with Crippen LogP contribution in [0.2, 0.25) is 0 Å². The van der Waals surface area contributed by atoms with Crippen molar-refractivity contribution < 1.29 is 14.3 Å². The predicted octanol–water partition coefficient (Wildman–Crippen LogP) is -0.404. The van der Waals surface area contributed by atoms with Gasteiger partial charge in [-0.3, -0.25) is 9.69 Å². The molecule has 1 fully saturated rings. The van der Waals surface area contributed by atoms with Gasteiger partial charge in [-0.15, -0.1) is 0 Å². The zero-order chi connectivity index (χ0) is 14.3. The summed E-state index contributed by atoms with van der Waals surface area (Å²) < 4.78 is 4.73. The molecule has 2 N–H and O–H groups in total. The molecule has 6 heteroatoms. The van der Waals surface area contributed by atoms with Crippen LogP contribution in [0.5, 0.6) is 0 Å². The Labute approximate surface area is 114 Å². The Hall–Kier alpha value is -1.14. The van der Waals surface area contributed by atoms with Crippen LogP contribution in [0.4, 0.5) is 0 Å². The van der Waals surface area contributed by atoms with Gasteiger partial charge < -0.3 is 15.4 Å². The molecule has 0 aromatic heterocycles. The molecule has 0 spiro atoms. The standard InChI is InChI=1S/C13H25N3O3/c1-10(2)8-11(13(18)19-3)15-12(17)9-16-6-4-14-5-7-16/h10-11,14H,4-9H2,1-3H3,(H,15,17). The van der Waals surface area contributed by atoms with E-state index in [2.05, 4.69) is 15.5 Å². The number of piperazine rings is 1. The fraction of sp³-hybridized carbons (Fsp3) is 0.846. The van der Waals surface area contributed by atoms with Gasteiger partial charge in [0.1, 0.15) is 6.04 Å². The normalized spacial score (nSPS) is 18.1. The molecular formula is C13H25N3O3. The summed E-state index contributed by atoms with van der Waals surface area (Å²) in [5.74, 6) is -0.163. The predicted molar refractivity (Wildman–Crippen MR) is 72.7 cm³/mol. The lowest BCUT2D eigenvalue weighted by Gasteiger charge is -2.27. The number of methoxy groups -OCH3 is 1. The van der Waals surface area contributed by atoms with Gasteiger partial charge in [0.05, 0.1) is 13.7 Å². The summed E-state index contributed by atoms with van der Waals surface area (Å²) >= 11 is 0. The van der Waals surface area contributed by atoms with E-state index in [9.17, 15) is 9.59 Å². The van der Waals surface area contributed by atoms with Crippen LogP contribution in [-0.4, -0.2) is 62.7 Å². The molecule has 1 rings (SSSR count). The van der Waals surface area contributed by atoms with Gasteiger partial charge in [0.2, 0.25) is 5.91 Å². The van der Waals surface area contributed by atoms with Crippen LogP contribution in [0.25, 0.3) is 0 Å². The molecule has 1 aliphatic heterocycles. The monoisotopic (exact) mass is 271 g/mol. The lowest BCUT2D eigenvalue weighted by atomic mass is 10.0. The van der Waals surface area contributed by atoms with Gasteiger partial charge in [0.15, 0.2) is 0 Å². The van der Waals surface area contributed by atoms with E-state index >= 15 is 0 Å². The minimum absolute atomic E-state index is 0.113. The van der Waals surface area contributed by atoms with Crippen LogP contribution in [0.3, 0.4) is 0 Å². The summed E-state index contributed by atoms with van der Waals surface area (Å²) in [6.07, 6.45) is 0.597. The van der Waals surface area contributed by atoms with E-state index in [1.807, 2.05) is 13.8 Å². The maximum absolute atomic E-state index is 11.9. The molecular weight excluding hydrogens is 246 g/mol. The maximum Gasteiger partial charge on any atom is 0.328 e. The third-order valence-electron chi connectivity index (χ3n) is 3.10. The van der Waals surface area contributed by atoms with Crippen LogP contribution >= 0.6 is 0 Å². The van der Waals surface area contributed by atoms with Crippen molar-refractivity contribution in [3.05, 3.63) is 0 Å². The SMILES string of the molecule is COC(=O)C(CC(C)C)NC(=O)CN1CCNCC1. The molecule has 0 aromatic rings. The second-order valence-electron chi connectivity index (χ2n) is 5.30. The van der Waals surface area contributed by atoms with Crippen molar-refractivity contribution in [1.29, 1.82) is 0 Å². The molecule has 1 atom stereocenters. The van der Waals surface area contributed by atoms with Gasteiger partial charge >= 0.3 is 5.97 Å². The van der Waals surface area contributed by atoms with E-state index in [0.29, 0.717) is 18.9 Å². The van der Waals surface area contributed by atoms with Crippen molar-refractivity contribution in [3.63, 3.8) is 0 Å². The zero-order valence-electron chi connectivity index (χ0n) is 12.1. The summed E-state index contributed by atoms with van der Waals surface area (Å²) in [5.41, 5.74) is 0. The van der Waals surface area contributed by atoms with Gasteiger partial charge in [0.25, 0.3) is 0 Å². The quantitative estimate of drug-likeness (QED) is 0.643. The lowest BCUT2D eigenvalue weighted by Crippen LogP contribution is -2.50. The number of nitrogens with zero attached hydrogens (tertiary/aromatic N) is 1. The topological polar surface area (TPSA) is 70.7 Å². The van der Waals surface area contributed by atoms with Gasteiger partial charge in [-0.05, 0) is 12.3 Å². The zero-order valence-corrected chi connectivity index (χ0v) is 12.1. The molecule has 6 nitrogen and oxygen atoms in total. The van der Waals surface area contributed by atoms with Gasteiger partial charge in [0, 0.05) is 26.2 Å². The second kappa shape index (κ2) is 8.12. The number of nitrogens with one attached hydrogen (secondary N) is 2. The Morgan fingerprint density at radius 2 is 1.95 bits per heavy atom. The smallest absolute Gasteiger partial charge is 0.328 e. The summed E-state index contributed by atoms with van der Waals surface area (Å²) in [7, 11) is 1.35. The average molecular weight is 271 g/mol. The molecule has 19 heavy (non-hydrogen) atoms. The average Bonchev–Trinajstić information content (AvgIpc) is 2.37. The molecule has 1 unspecified atom stereocenters. The van der Waals surface area contributed by atoms with Crippen molar-refractivity contribution in [2.45, 2.75) is 26.3 Å². The Kier molecular flexibility index (Phi) is 6.80. The first-order valence-electron chi connectivity index (χ1n) is 6.83. The van der Waals surface area contributed by atoms with Crippen molar-refractivity contribution >= 4 is 11.9 Å². The fourth-order valence-electron chi connectivity index (χ4n) is 2.14. The first kappa shape index (κ1) is 15.9. The highest BCUT2D eigenvalue weighted by molar-refractivity contribution is 5.85. The number of carbonyl (C=O) groups excluding carboxylic acids is 2. The summed E-state index contributed by atoms with van der Waals surface area (Å²) in [6.45, 7) is 7.89. The lowest BCUT2D eigenvalue weighted by molar-refractivity contribution is -0.145. The maximum atomic E-state index is 11.9. The second-order valence-corrected chi connectivity index (χ2v) is 5.30. The number of rotatable bonds is 6. The van der Waals surface area contributed by atoms with Crippen LogP contribution in [0, 0.1) is 5.92 Å². The minimum atomic E-state index is -0.541. The first-order chi connectivity index (χ1) is 9.02. The Bertz CT molecular complexity index is 302. The third-order valence-corrected chi connectivity index (χ3v) is 3.10. The molecule has 0 saturated carbocycles. The summed E-state index contributed by atoms with van der Waals surface area (Å²) in [5, 5.41) is 6.01. The van der Waals surface area contributed by atoms with Gasteiger partial charge in [-0.1, -0.05) is 13.8 Å². The molecule has 0 aliphatic carbocycles. The van der Waals surface area contributed by atoms with Crippen molar-refractivity contribution in [1.82, 2.24) is 15.5 Å². The number of ether oxygens (including phenoxy) is 1. The van der Waals surface area contributed by atoms with Crippen LogP contribution in [-0.2, 0) is 14.3 Å². The highest BCUT2D eigenvalue weighted by Crippen LogP contribution is 2.06. The number of carbonyl (C=O) groups is 2. The molecule has 0 bridgehead atoms. The number of hydrogen-bond acceptors (Lipinski definition) is 5. The van der Waals surface area contributed by atoms with Gasteiger partial charge in [-0.25, -0.2) is 4.79 Å². The first-order valence-corrected chi connectivity index (χ1v) is 6.83. The molecule has 0 aromatic carbocycles. The highest BCUT2D eigenvalue weighted by Gasteiger charge is 2.23. The number of hydrogen-bond donors (Lipinski definition) is 2. The van der Waals surface area contributed by atoms with Crippen LogP contribution in [0.15, 0.2) is 0 Å². The van der Waals surface area contributed by atoms with Crippen LogP contribution in [0.1, 0.15) is 20.3 Å². The molecule has 1 saturated heterocycles. The van der Waals surface area contributed by atoms with Crippen LogP contribution < -0.4 is 10.6 Å². The van der Waals surface area contributed by atoms with Crippen molar-refractivity contribution in [2.75, 3.05) is 39.8 Å². The van der Waals surface area contributed by atoms with Crippen molar-refractivity contribution in [2.24, 2.45) is 5.92 Å². The van der Waals surface area contributed by atoms with E-state index < -0.39 is 6.04 Å².